The van der Waals surface area contributed by atoms with Crippen LogP contribution in [-0.4, -0.2) is 34.5 Å². The van der Waals surface area contributed by atoms with Crippen LogP contribution >= 0.6 is 0 Å². The second-order valence-corrected chi connectivity index (χ2v) is 22.7. The second kappa shape index (κ2) is 28.7. The molecule has 4 aromatic rings. The van der Waals surface area contributed by atoms with E-state index in [1.165, 1.54) is 124 Å². The molecule has 0 bridgehead atoms. The van der Waals surface area contributed by atoms with Gasteiger partial charge >= 0.3 is 0 Å². The van der Waals surface area contributed by atoms with Crippen LogP contribution in [0.4, 0.5) is 22.7 Å². The molecule has 4 unspecified atom stereocenters. The summed E-state index contributed by atoms with van der Waals surface area (Å²) < 4.78 is 0. The molecular formula is C68H96N2O2. The molecule has 2 N–H and O–H groups in total. The Labute approximate surface area is 439 Å². The van der Waals surface area contributed by atoms with Gasteiger partial charge in [-0.15, -0.1) is 0 Å². The summed E-state index contributed by atoms with van der Waals surface area (Å²) in [7, 11) is 0. The number of aliphatic hydroxyl groups is 2. The first kappa shape index (κ1) is 56.7. The van der Waals surface area contributed by atoms with Crippen molar-refractivity contribution >= 4 is 22.7 Å². The fraction of sp³-hybridized carbons (Fsp3) is 0.529. The fourth-order valence-electron chi connectivity index (χ4n) is 12.8. The van der Waals surface area contributed by atoms with Gasteiger partial charge in [-0.1, -0.05) is 254 Å². The van der Waals surface area contributed by atoms with Crippen molar-refractivity contribution in [2.24, 2.45) is 35.5 Å². The topological polar surface area (TPSA) is 46.9 Å². The molecule has 2 aliphatic carbocycles. The van der Waals surface area contributed by atoms with E-state index in [-0.39, 0.29) is 11.1 Å². The molecule has 4 aromatic carbocycles. The number of benzene rings is 4. The van der Waals surface area contributed by atoms with Crippen molar-refractivity contribution in [2.75, 3.05) is 23.0 Å². The average molecular weight is 974 g/mol. The highest BCUT2D eigenvalue weighted by molar-refractivity contribution is 5.75. The zero-order valence-corrected chi connectivity index (χ0v) is 46.3. The summed E-state index contributed by atoms with van der Waals surface area (Å²) >= 11 is 0. The fourth-order valence-corrected chi connectivity index (χ4v) is 12.8. The highest BCUT2D eigenvalue weighted by atomic mass is 16.3. The molecule has 4 atom stereocenters. The maximum Gasteiger partial charge on any atom is 0.0724 e. The van der Waals surface area contributed by atoms with Crippen molar-refractivity contribution < 1.29 is 10.2 Å². The molecule has 0 aliphatic heterocycles. The summed E-state index contributed by atoms with van der Waals surface area (Å²) in [4.78, 5) is 5.39. The molecule has 0 saturated carbocycles. The van der Waals surface area contributed by atoms with Crippen molar-refractivity contribution in [3.8, 4) is 11.1 Å². The quantitative estimate of drug-likeness (QED) is 0.0493. The van der Waals surface area contributed by atoms with E-state index in [0.29, 0.717) is 48.7 Å². The first-order valence-corrected chi connectivity index (χ1v) is 28.9. The third-order valence-corrected chi connectivity index (χ3v) is 16.6. The lowest BCUT2D eigenvalue weighted by Crippen LogP contribution is -2.56. The standard InChI is InChI=1S/C68H96N2O2/c1-53(2)63-37-31-49-67(55(5)6,65(63)39-27-17-13-9-11-15-19-29-51-71)69(59-33-23-21-24-34-59)61-45-41-57(42-46-61)58-43-47-62(48-44-58)70(60-35-25-22-26-36-60)68(56(7)8)50-32-38-64(54(3)4)66(68)40-28-18-14-10-12-16-20-30-52-72/h21-26,31-38,41-50,53-56,65-66,71-72H,9-20,27-30,39-40,51-52H2,1-8H3. The first-order chi connectivity index (χ1) is 35.0. The van der Waals surface area contributed by atoms with Crippen LogP contribution in [0.15, 0.2) is 157 Å². The Morgan fingerprint density at radius 1 is 0.375 bits per heavy atom. The van der Waals surface area contributed by atoms with E-state index in [1.807, 2.05) is 0 Å². The minimum Gasteiger partial charge on any atom is -0.396 e. The van der Waals surface area contributed by atoms with Gasteiger partial charge in [0.05, 0.1) is 11.1 Å². The summed E-state index contributed by atoms with van der Waals surface area (Å²) in [6.45, 7) is 20.0. The maximum atomic E-state index is 9.21. The van der Waals surface area contributed by atoms with Gasteiger partial charge in [-0.05, 0) is 109 Å². The van der Waals surface area contributed by atoms with Crippen molar-refractivity contribution in [2.45, 2.75) is 182 Å². The Kier molecular flexibility index (Phi) is 22.6. The van der Waals surface area contributed by atoms with Gasteiger partial charge in [0.15, 0.2) is 0 Å². The minimum absolute atomic E-state index is 0.243. The summed E-state index contributed by atoms with van der Waals surface area (Å²) in [5, 5.41) is 18.4. The molecular weight excluding hydrogens is 877 g/mol. The Morgan fingerprint density at radius 2 is 0.667 bits per heavy atom. The lowest BCUT2D eigenvalue weighted by Gasteiger charge is -2.54. The van der Waals surface area contributed by atoms with Gasteiger partial charge in [-0.25, -0.2) is 0 Å². The van der Waals surface area contributed by atoms with Crippen LogP contribution in [0.2, 0.25) is 0 Å². The highest BCUT2D eigenvalue weighted by Gasteiger charge is 2.49. The summed E-state index contributed by atoms with van der Waals surface area (Å²) in [5.41, 5.74) is 10.0. The number of para-hydroxylation sites is 2. The second-order valence-electron chi connectivity index (χ2n) is 22.7. The third-order valence-electron chi connectivity index (χ3n) is 16.6. The molecule has 0 saturated heterocycles. The molecule has 2 aliphatic rings. The lowest BCUT2D eigenvalue weighted by atomic mass is 9.64. The van der Waals surface area contributed by atoms with Gasteiger partial charge in [-0.3, -0.25) is 0 Å². The van der Waals surface area contributed by atoms with E-state index < -0.39 is 0 Å². The Bertz CT molecular complexity index is 2110. The van der Waals surface area contributed by atoms with Crippen molar-refractivity contribution in [3.05, 3.63) is 157 Å². The summed E-state index contributed by atoms with van der Waals surface area (Å²) in [6, 6.07) is 41.3. The molecule has 4 nitrogen and oxygen atoms in total. The van der Waals surface area contributed by atoms with Gasteiger partial charge in [-0.2, -0.15) is 0 Å². The molecule has 4 heteroatoms. The Morgan fingerprint density at radius 3 is 0.958 bits per heavy atom. The third kappa shape index (κ3) is 13.9. The summed E-state index contributed by atoms with van der Waals surface area (Å²) in [5.74, 6) is 2.39. The van der Waals surface area contributed by atoms with E-state index in [4.69, 9.17) is 0 Å². The molecule has 0 fully saturated rings. The van der Waals surface area contributed by atoms with Crippen LogP contribution in [0, 0.1) is 35.5 Å². The van der Waals surface area contributed by atoms with Crippen molar-refractivity contribution in [1.29, 1.82) is 0 Å². The molecule has 0 heterocycles. The van der Waals surface area contributed by atoms with E-state index >= 15 is 0 Å². The van der Waals surface area contributed by atoms with Gasteiger partial charge in [0, 0.05) is 47.8 Å². The molecule has 0 radical (unpaired) electrons. The van der Waals surface area contributed by atoms with Gasteiger partial charge in [0.1, 0.15) is 0 Å². The number of allylic oxidation sites excluding steroid dienone is 4. The molecule has 0 amide bonds. The normalized spacial score (nSPS) is 19.9. The number of hydrogen-bond donors (Lipinski definition) is 2. The van der Waals surface area contributed by atoms with E-state index in [1.54, 1.807) is 11.1 Å². The highest BCUT2D eigenvalue weighted by Crippen LogP contribution is 2.52. The van der Waals surface area contributed by atoms with Gasteiger partial charge in [0.25, 0.3) is 0 Å². The van der Waals surface area contributed by atoms with Crippen LogP contribution in [0.3, 0.4) is 0 Å². The van der Waals surface area contributed by atoms with Crippen LogP contribution in [0.1, 0.15) is 171 Å². The van der Waals surface area contributed by atoms with Crippen LogP contribution in [-0.2, 0) is 0 Å². The Hall–Kier alpha value is -4.64. The Balaban J connectivity index is 1.30. The number of aliphatic hydroxyl groups excluding tert-OH is 2. The number of unbranched alkanes of at least 4 members (excludes halogenated alkanes) is 14. The number of rotatable bonds is 31. The maximum absolute atomic E-state index is 9.21. The summed E-state index contributed by atoms with van der Waals surface area (Å²) in [6.07, 6.45) is 36.3. The molecule has 0 spiro atoms. The van der Waals surface area contributed by atoms with Gasteiger partial charge in [0.2, 0.25) is 0 Å². The van der Waals surface area contributed by atoms with Crippen LogP contribution in [0.25, 0.3) is 11.1 Å². The molecule has 6 rings (SSSR count). The zero-order valence-electron chi connectivity index (χ0n) is 46.3. The first-order valence-electron chi connectivity index (χ1n) is 28.9. The molecule has 72 heavy (non-hydrogen) atoms. The monoisotopic (exact) mass is 973 g/mol. The zero-order chi connectivity index (χ0) is 51.4. The lowest BCUT2D eigenvalue weighted by molar-refractivity contribution is 0.249. The average Bonchev–Trinajstić information content (AvgIpc) is 3.39. The number of hydrogen-bond acceptors (Lipinski definition) is 4. The minimum atomic E-state index is -0.243. The van der Waals surface area contributed by atoms with E-state index in [0.717, 1.165) is 25.7 Å². The van der Waals surface area contributed by atoms with Crippen LogP contribution < -0.4 is 9.80 Å². The SMILES string of the molecule is CC(C)C1=CC=CC(C(C)C)(N(c2ccccc2)c2ccc(-c3ccc(N(c4ccccc4)C4(C(C)C)C=CC=C(C(C)C)C4CCCCCCCCCCO)cc3)cc2)C1CCCCCCCCCCO. The molecule has 0 aromatic heterocycles. The smallest absolute Gasteiger partial charge is 0.0724 e. The van der Waals surface area contributed by atoms with E-state index in [9.17, 15) is 10.2 Å². The molecule has 390 valence electrons. The van der Waals surface area contributed by atoms with Crippen molar-refractivity contribution in [3.63, 3.8) is 0 Å². The predicted octanol–water partition coefficient (Wildman–Crippen LogP) is 19.0. The predicted molar refractivity (Wildman–Crippen MR) is 313 cm³/mol. The van der Waals surface area contributed by atoms with Gasteiger partial charge < -0.3 is 20.0 Å². The number of nitrogens with zero attached hydrogens (tertiary/aromatic N) is 2. The van der Waals surface area contributed by atoms with Crippen LogP contribution in [0.5, 0.6) is 0 Å². The van der Waals surface area contributed by atoms with Crippen molar-refractivity contribution in [1.82, 2.24) is 0 Å². The van der Waals surface area contributed by atoms with E-state index in [2.05, 4.69) is 211 Å². The largest absolute Gasteiger partial charge is 0.396 e. The number of anilines is 4.